The van der Waals surface area contributed by atoms with Gasteiger partial charge in [-0.15, -0.1) is 0 Å². The summed E-state index contributed by atoms with van der Waals surface area (Å²) in [5.74, 6) is 0.850. The van der Waals surface area contributed by atoms with E-state index in [0.717, 1.165) is 53.6 Å². The molecule has 1 amide bonds. The minimum absolute atomic E-state index is 0.167. The van der Waals surface area contributed by atoms with Crippen molar-refractivity contribution in [3.05, 3.63) is 36.8 Å². The molecule has 5 rings (SSSR count). The van der Waals surface area contributed by atoms with E-state index in [2.05, 4.69) is 25.3 Å². The van der Waals surface area contributed by atoms with E-state index in [1.54, 1.807) is 18.6 Å². The lowest BCUT2D eigenvalue weighted by molar-refractivity contribution is -0.119. The van der Waals surface area contributed by atoms with Crippen molar-refractivity contribution in [2.45, 2.75) is 57.5 Å². The lowest BCUT2D eigenvalue weighted by Crippen LogP contribution is -2.35. The molecular weight excluding hydrogens is 424 g/mol. The Bertz CT molecular complexity index is 1060. The van der Waals surface area contributed by atoms with Crippen molar-refractivity contribution in [3.8, 4) is 16.6 Å². The van der Waals surface area contributed by atoms with Crippen molar-refractivity contribution >= 4 is 33.9 Å². The fourth-order valence-corrected chi connectivity index (χ4v) is 4.92. The van der Waals surface area contributed by atoms with E-state index >= 15 is 0 Å². The van der Waals surface area contributed by atoms with Crippen molar-refractivity contribution in [2.24, 2.45) is 0 Å². The summed E-state index contributed by atoms with van der Waals surface area (Å²) >= 11 is 1.50. The zero-order valence-corrected chi connectivity index (χ0v) is 18.7. The van der Waals surface area contributed by atoms with Crippen LogP contribution in [0.5, 0.6) is 6.01 Å². The topological polar surface area (TPSA) is 93.1 Å². The first-order valence-electron chi connectivity index (χ1n) is 11.2. The fraction of sp³-hybridized carbons (Fsp3) is 0.435. The number of nitrogens with zero attached hydrogens (tertiary/aromatic N) is 5. The third kappa shape index (κ3) is 4.88. The number of rotatable bonds is 6. The van der Waals surface area contributed by atoms with Crippen LogP contribution in [0.4, 0.5) is 16.6 Å². The number of piperidine rings is 1. The van der Waals surface area contributed by atoms with E-state index in [9.17, 15) is 4.79 Å². The largest absolute Gasteiger partial charge is 0.460 e. The molecule has 1 N–H and O–H groups in total. The molecule has 2 fully saturated rings. The normalized spacial score (nSPS) is 17.4. The quantitative estimate of drug-likeness (QED) is 0.567. The van der Waals surface area contributed by atoms with Gasteiger partial charge < -0.3 is 15.0 Å². The Morgan fingerprint density at radius 3 is 2.72 bits per heavy atom. The number of hydrogen-bond donors (Lipinski definition) is 1. The van der Waals surface area contributed by atoms with Gasteiger partial charge in [-0.05, 0) is 56.7 Å². The number of aromatic nitrogens is 4. The highest BCUT2D eigenvalue weighted by Crippen LogP contribution is 2.31. The summed E-state index contributed by atoms with van der Waals surface area (Å²) in [4.78, 5) is 32.6. The van der Waals surface area contributed by atoms with Gasteiger partial charge in [0, 0.05) is 25.4 Å². The first-order chi connectivity index (χ1) is 15.7. The van der Waals surface area contributed by atoms with E-state index in [-0.39, 0.29) is 12.0 Å². The Hall–Kier alpha value is -3.07. The molecule has 2 aliphatic rings. The molecule has 1 saturated carbocycles. The first-order valence-corrected chi connectivity index (χ1v) is 12.1. The second kappa shape index (κ2) is 9.60. The number of thiazole rings is 1. The summed E-state index contributed by atoms with van der Waals surface area (Å²) in [6, 6.07) is 6.10. The average Bonchev–Trinajstić information content (AvgIpc) is 3.30. The van der Waals surface area contributed by atoms with Gasteiger partial charge in [0.05, 0.1) is 22.5 Å². The van der Waals surface area contributed by atoms with Crippen molar-refractivity contribution in [1.82, 2.24) is 19.9 Å². The molecule has 0 aromatic carbocycles. The van der Waals surface area contributed by atoms with Gasteiger partial charge in [-0.25, -0.2) is 15.0 Å². The first kappa shape index (κ1) is 20.8. The standard InChI is InChI=1S/C23H26N6O2S/c30-21-8-4-5-13-29(21)16-9-10-20(25-14-16)28-23-26-15-19(32-23)18-11-12-24-22(27-18)31-17-6-2-1-3-7-17/h9-12,14-15,17H,1-8,13H2,(H,25,26,28). The van der Waals surface area contributed by atoms with E-state index in [1.165, 1.54) is 30.6 Å². The summed E-state index contributed by atoms with van der Waals surface area (Å²) in [7, 11) is 0. The minimum atomic E-state index is 0.167. The Kier molecular flexibility index (Phi) is 6.24. The number of nitrogens with one attached hydrogen (secondary N) is 1. The molecule has 32 heavy (non-hydrogen) atoms. The predicted octanol–water partition coefficient (Wildman–Crippen LogP) is 4.97. The molecular formula is C23H26N6O2S. The van der Waals surface area contributed by atoms with Crippen LogP contribution >= 0.6 is 11.3 Å². The van der Waals surface area contributed by atoms with Crippen molar-refractivity contribution < 1.29 is 9.53 Å². The molecule has 3 aromatic heterocycles. The maximum Gasteiger partial charge on any atom is 0.317 e. The molecule has 1 aliphatic carbocycles. The van der Waals surface area contributed by atoms with Crippen molar-refractivity contribution in [1.29, 1.82) is 0 Å². The molecule has 0 bridgehead atoms. The van der Waals surface area contributed by atoms with Crippen molar-refractivity contribution in [2.75, 3.05) is 16.8 Å². The maximum atomic E-state index is 12.1. The van der Waals surface area contributed by atoms with E-state index in [4.69, 9.17) is 4.74 Å². The van der Waals surface area contributed by atoms with Crippen molar-refractivity contribution in [3.63, 3.8) is 0 Å². The van der Waals surface area contributed by atoms with Crippen LogP contribution in [0.15, 0.2) is 36.8 Å². The zero-order chi connectivity index (χ0) is 21.8. The summed E-state index contributed by atoms with van der Waals surface area (Å²) in [5.41, 5.74) is 1.63. The van der Waals surface area contributed by atoms with Crippen LogP contribution in [-0.4, -0.2) is 38.5 Å². The number of amides is 1. The van der Waals surface area contributed by atoms with E-state index in [1.807, 2.05) is 23.1 Å². The SMILES string of the molecule is O=C1CCCCN1c1ccc(Nc2ncc(-c3ccnc(OC4CCCCC4)n3)s2)nc1. The number of ether oxygens (including phenoxy) is 1. The van der Waals surface area contributed by atoms with Gasteiger partial charge in [-0.3, -0.25) is 4.79 Å². The van der Waals surface area contributed by atoms with Crippen LogP contribution in [0.1, 0.15) is 51.4 Å². The summed E-state index contributed by atoms with van der Waals surface area (Å²) in [6.45, 7) is 0.758. The highest BCUT2D eigenvalue weighted by atomic mass is 32.1. The van der Waals surface area contributed by atoms with Crippen LogP contribution in [0, 0.1) is 0 Å². The Morgan fingerprint density at radius 1 is 1.00 bits per heavy atom. The molecule has 8 nitrogen and oxygen atoms in total. The van der Waals surface area contributed by atoms with Gasteiger partial charge in [0.25, 0.3) is 0 Å². The number of anilines is 3. The van der Waals surface area contributed by atoms with Crippen LogP contribution in [-0.2, 0) is 4.79 Å². The van der Waals surface area contributed by atoms with E-state index < -0.39 is 0 Å². The highest BCUT2D eigenvalue weighted by Gasteiger charge is 2.20. The van der Waals surface area contributed by atoms with Crippen LogP contribution in [0.25, 0.3) is 10.6 Å². The second-order valence-electron chi connectivity index (χ2n) is 8.16. The molecule has 0 unspecified atom stereocenters. The summed E-state index contributed by atoms with van der Waals surface area (Å²) in [6.07, 6.45) is 13.9. The molecule has 9 heteroatoms. The van der Waals surface area contributed by atoms with Gasteiger partial charge in [0.1, 0.15) is 11.9 Å². The molecule has 0 atom stereocenters. The highest BCUT2D eigenvalue weighted by molar-refractivity contribution is 7.18. The number of carbonyl (C=O) groups excluding carboxylic acids is 1. The van der Waals surface area contributed by atoms with Gasteiger partial charge in [0.2, 0.25) is 5.91 Å². The maximum absolute atomic E-state index is 12.1. The van der Waals surface area contributed by atoms with Crippen LogP contribution < -0.4 is 15.0 Å². The number of carbonyl (C=O) groups is 1. The van der Waals surface area contributed by atoms with Gasteiger partial charge in [0.15, 0.2) is 5.13 Å². The third-order valence-corrected chi connectivity index (χ3v) is 6.77. The van der Waals surface area contributed by atoms with Crippen LogP contribution in [0.3, 0.4) is 0 Å². The summed E-state index contributed by atoms with van der Waals surface area (Å²) < 4.78 is 6.00. The van der Waals surface area contributed by atoms with E-state index in [0.29, 0.717) is 18.2 Å². The molecule has 0 radical (unpaired) electrons. The Labute approximate surface area is 191 Å². The lowest BCUT2D eigenvalue weighted by atomic mass is 9.98. The molecule has 1 aliphatic heterocycles. The average molecular weight is 451 g/mol. The predicted molar refractivity (Wildman–Crippen MR) is 124 cm³/mol. The van der Waals surface area contributed by atoms with Gasteiger partial charge in [-0.1, -0.05) is 17.8 Å². The third-order valence-electron chi connectivity index (χ3n) is 5.83. The molecule has 166 valence electrons. The Morgan fingerprint density at radius 2 is 1.91 bits per heavy atom. The summed E-state index contributed by atoms with van der Waals surface area (Å²) in [5, 5.41) is 3.96. The molecule has 4 heterocycles. The number of hydrogen-bond acceptors (Lipinski definition) is 8. The second-order valence-corrected chi connectivity index (χ2v) is 9.19. The molecule has 0 spiro atoms. The Balaban J connectivity index is 1.24. The smallest absolute Gasteiger partial charge is 0.317 e. The molecule has 1 saturated heterocycles. The fourth-order valence-electron chi connectivity index (χ4n) is 4.13. The van der Waals surface area contributed by atoms with Gasteiger partial charge >= 0.3 is 6.01 Å². The zero-order valence-electron chi connectivity index (χ0n) is 17.9. The minimum Gasteiger partial charge on any atom is -0.460 e. The molecule has 3 aromatic rings. The monoisotopic (exact) mass is 450 g/mol. The lowest BCUT2D eigenvalue weighted by Gasteiger charge is -2.26. The van der Waals surface area contributed by atoms with Crippen LogP contribution in [0.2, 0.25) is 0 Å². The van der Waals surface area contributed by atoms with Gasteiger partial charge in [-0.2, -0.15) is 4.98 Å². The number of pyridine rings is 1.